The molecule has 2 aliphatic heterocycles. The van der Waals surface area contributed by atoms with Crippen molar-refractivity contribution in [1.29, 1.82) is 0 Å². The Balaban J connectivity index is 1.17. The highest BCUT2D eigenvalue weighted by atomic mass is 16.2. The van der Waals surface area contributed by atoms with Gasteiger partial charge in [-0.3, -0.25) is 9.79 Å². The fourth-order valence-electron chi connectivity index (χ4n) is 4.44. The highest BCUT2D eigenvalue weighted by Crippen LogP contribution is 2.17. The first kappa shape index (κ1) is 22.0. The van der Waals surface area contributed by atoms with Gasteiger partial charge in [-0.1, -0.05) is 36.4 Å². The predicted molar refractivity (Wildman–Crippen MR) is 131 cm³/mol. The number of anilines is 2. The molecule has 0 unspecified atom stereocenters. The predicted octanol–water partition coefficient (Wildman–Crippen LogP) is 2.12. The highest BCUT2D eigenvalue weighted by molar-refractivity contribution is 5.81. The summed E-state index contributed by atoms with van der Waals surface area (Å²) in [5.41, 5.74) is 2.51. The lowest BCUT2D eigenvalue weighted by molar-refractivity contribution is -0.131. The smallest absolute Gasteiger partial charge is 0.224 e. The van der Waals surface area contributed by atoms with Crippen LogP contribution in [0.15, 0.2) is 65.7 Å². The molecule has 7 nitrogen and oxygen atoms in total. The van der Waals surface area contributed by atoms with Crippen LogP contribution in [0.3, 0.4) is 0 Å². The van der Waals surface area contributed by atoms with Crippen LogP contribution < -0.4 is 15.1 Å². The number of nitrogens with zero attached hydrogens (tertiary/aromatic N) is 5. The Kier molecular flexibility index (Phi) is 7.48. The molecule has 2 aromatic carbocycles. The van der Waals surface area contributed by atoms with Crippen LogP contribution in [0.1, 0.15) is 6.42 Å². The van der Waals surface area contributed by atoms with Crippen molar-refractivity contribution in [2.24, 2.45) is 4.99 Å². The van der Waals surface area contributed by atoms with E-state index in [0.29, 0.717) is 13.0 Å². The molecule has 0 radical (unpaired) electrons. The molecule has 0 atom stereocenters. The molecule has 4 rings (SSSR count). The molecule has 0 saturated carbocycles. The van der Waals surface area contributed by atoms with Gasteiger partial charge in [0, 0.05) is 83.7 Å². The summed E-state index contributed by atoms with van der Waals surface area (Å²) >= 11 is 0. The van der Waals surface area contributed by atoms with Crippen molar-refractivity contribution >= 4 is 23.2 Å². The quantitative estimate of drug-likeness (QED) is 0.577. The van der Waals surface area contributed by atoms with E-state index in [1.165, 1.54) is 11.4 Å². The number of hydrogen-bond acceptors (Lipinski definition) is 4. The van der Waals surface area contributed by atoms with Gasteiger partial charge >= 0.3 is 0 Å². The molecule has 1 amide bonds. The topological polar surface area (TPSA) is 54.4 Å². The first-order chi connectivity index (χ1) is 15.7. The van der Waals surface area contributed by atoms with Crippen LogP contribution in [-0.2, 0) is 4.79 Å². The molecule has 2 saturated heterocycles. The van der Waals surface area contributed by atoms with Gasteiger partial charge in [0.05, 0.1) is 0 Å². The van der Waals surface area contributed by atoms with E-state index in [1.54, 1.807) is 0 Å². The lowest BCUT2D eigenvalue weighted by Crippen LogP contribution is -2.53. The first-order valence-electron chi connectivity index (χ1n) is 11.6. The molecule has 0 aliphatic carbocycles. The van der Waals surface area contributed by atoms with Crippen molar-refractivity contribution in [3.05, 3.63) is 60.7 Å². The molecule has 0 spiro atoms. The summed E-state index contributed by atoms with van der Waals surface area (Å²) in [6, 6.07) is 21.0. The van der Waals surface area contributed by atoms with Crippen LogP contribution in [0, 0.1) is 0 Å². The van der Waals surface area contributed by atoms with Crippen LogP contribution >= 0.6 is 0 Å². The number of amides is 1. The summed E-state index contributed by atoms with van der Waals surface area (Å²) in [6.45, 7) is 7.72. The first-order valence-corrected chi connectivity index (χ1v) is 11.6. The van der Waals surface area contributed by atoms with Crippen LogP contribution in [0.5, 0.6) is 0 Å². The summed E-state index contributed by atoms with van der Waals surface area (Å²) in [7, 11) is 1.82. The standard InChI is InChI=1S/C25H34N6O/c1-26-25(31-20-16-29(17-21-31)23-10-6-3-7-11-23)27-13-12-24(32)30-18-14-28(15-19-30)22-8-4-2-5-9-22/h2-11H,12-21H2,1H3,(H,26,27). The van der Waals surface area contributed by atoms with Crippen molar-refractivity contribution in [3.8, 4) is 0 Å². The van der Waals surface area contributed by atoms with Crippen LogP contribution in [-0.4, -0.2) is 87.6 Å². The van der Waals surface area contributed by atoms with E-state index in [-0.39, 0.29) is 5.91 Å². The average molecular weight is 435 g/mol. The Hall–Kier alpha value is -3.22. The molecule has 32 heavy (non-hydrogen) atoms. The van der Waals surface area contributed by atoms with Gasteiger partial charge in [-0.15, -0.1) is 0 Å². The van der Waals surface area contributed by atoms with E-state index < -0.39 is 0 Å². The summed E-state index contributed by atoms with van der Waals surface area (Å²) < 4.78 is 0. The van der Waals surface area contributed by atoms with Crippen LogP contribution in [0.2, 0.25) is 0 Å². The SMILES string of the molecule is CN=C(NCCC(=O)N1CCN(c2ccccc2)CC1)N1CCN(c2ccccc2)CC1. The van der Waals surface area contributed by atoms with E-state index in [1.807, 2.05) is 18.0 Å². The third-order valence-corrected chi connectivity index (χ3v) is 6.29. The largest absolute Gasteiger partial charge is 0.368 e. The highest BCUT2D eigenvalue weighted by Gasteiger charge is 2.22. The minimum Gasteiger partial charge on any atom is -0.368 e. The average Bonchev–Trinajstić information content (AvgIpc) is 2.88. The Labute approximate surface area is 191 Å². The number of para-hydroxylation sites is 2. The number of nitrogens with one attached hydrogen (secondary N) is 1. The zero-order chi connectivity index (χ0) is 22.2. The summed E-state index contributed by atoms with van der Waals surface area (Å²) in [4.78, 5) is 26.2. The molecule has 2 aromatic rings. The minimum atomic E-state index is 0.217. The van der Waals surface area contributed by atoms with Crippen molar-refractivity contribution in [3.63, 3.8) is 0 Å². The Morgan fingerprint density at radius 2 is 1.22 bits per heavy atom. The number of aliphatic imine (C=N–C) groups is 1. The molecule has 2 fully saturated rings. The van der Waals surface area contributed by atoms with Gasteiger partial charge in [0.15, 0.2) is 5.96 Å². The fraction of sp³-hybridized carbons (Fsp3) is 0.440. The monoisotopic (exact) mass is 434 g/mol. The van der Waals surface area contributed by atoms with Crippen LogP contribution in [0.25, 0.3) is 0 Å². The number of carbonyl (C=O) groups excluding carboxylic acids is 1. The molecule has 1 N–H and O–H groups in total. The van der Waals surface area contributed by atoms with E-state index >= 15 is 0 Å². The van der Waals surface area contributed by atoms with Crippen molar-refractivity contribution < 1.29 is 4.79 Å². The molecule has 7 heteroatoms. The molecular weight excluding hydrogens is 400 g/mol. The van der Waals surface area contributed by atoms with Crippen molar-refractivity contribution in [1.82, 2.24) is 15.1 Å². The second kappa shape index (κ2) is 10.9. The third-order valence-electron chi connectivity index (χ3n) is 6.29. The molecule has 0 aromatic heterocycles. The second-order valence-corrected chi connectivity index (χ2v) is 8.24. The van der Waals surface area contributed by atoms with Gasteiger partial charge in [0.1, 0.15) is 0 Å². The zero-order valence-corrected chi connectivity index (χ0v) is 19.0. The lowest BCUT2D eigenvalue weighted by atomic mass is 10.2. The maximum absolute atomic E-state index is 12.7. The maximum atomic E-state index is 12.7. The number of carbonyl (C=O) groups is 1. The van der Waals surface area contributed by atoms with Gasteiger partial charge in [-0.05, 0) is 24.3 Å². The molecule has 170 valence electrons. The van der Waals surface area contributed by atoms with Gasteiger partial charge < -0.3 is 24.9 Å². The number of piperazine rings is 2. The minimum absolute atomic E-state index is 0.217. The van der Waals surface area contributed by atoms with Crippen molar-refractivity contribution in [2.75, 3.05) is 75.8 Å². The molecule has 2 aliphatic rings. The van der Waals surface area contributed by atoms with E-state index in [4.69, 9.17) is 0 Å². The van der Waals surface area contributed by atoms with Crippen molar-refractivity contribution in [2.45, 2.75) is 6.42 Å². The number of rotatable bonds is 5. The van der Waals surface area contributed by atoms with Gasteiger partial charge in [0.2, 0.25) is 5.91 Å². The third kappa shape index (κ3) is 5.52. The van der Waals surface area contributed by atoms with E-state index in [2.05, 4.69) is 79.6 Å². The lowest BCUT2D eigenvalue weighted by Gasteiger charge is -2.38. The molecule has 0 bridgehead atoms. The van der Waals surface area contributed by atoms with Gasteiger partial charge in [0.25, 0.3) is 0 Å². The number of benzene rings is 2. The Morgan fingerprint density at radius 1 is 0.750 bits per heavy atom. The molecule has 2 heterocycles. The summed E-state index contributed by atoms with van der Waals surface area (Å²) in [5.74, 6) is 1.11. The second-order valence-electron chi connectivity index (χ2n) is 8.24. The maximum Gasteiger partial charge on any atom is 0.224 e. The van der Waals surface area contributed by atoms with E-state index in [9.17, 15) is 4.79 Å². The Morgan fingerprint density at radius 3 is 1.69 bits per heavy atom. The van der Waals surface area contributed by atoms with Crippen LogP contribution in [0.4, 0.5) is 11.4 Å². The summed E-state index contributed by atoms with van der Waals surface area (Å²) in [6.07, 6.45) is 0.494. The molecular formula is C25H34N6O. The van der Waals surface area contributed by atoms with Gasteiger partial charge in [-0.2, -0.15) is 0 Å². The summed E-state index contributed by atoms with van der Waals surface area (Å²) in [5, 5.41) is 3.40. The number of guanidine groups is 1. The fourth-order valence-corrected chi connectivity index (χ4v) is 4.44. The normalized spacial score (nSPS) is 17.5. The number of hydrogen-bond donors (Lipinski definition) is 1. The Bertz CT molecular complexity index is 872. The zero-order valence-electron chi connectivity index (χ0n) is 19.0. The van der Waals surface area contributed by atoms with Gasteiger partial charge in [-0.25, -0.2) is 0 Å². The van der Waals surface area contributed by atoms with E-state index in [0.717, 1.165) is 58.3 Å².